The molecule has 8 heteroatoms. The topological polar surface area (TPSA) is 93.2 Å². The number of rotatable bonds is 4. The van der Waals surface area contributed by atoms with E-state index in [1.807, 2.05) is 0 Å². The third-order valence-corrected chi connectivity index (χ3v) is 4.80. The summed E-state index contributed by atoms with van der Waals surface area (Å²) in [4.78, 5) is 52.9. The van der Waals surface area contributed by atoms with Crippen molar-refractivity contribution >= 4 is 23.8 Å². The molecule has 0 unspecified atom stereocenters. The maximum atomic E-state index is 12.6. The molecule has 2 aliphatic heterocycles. The van der Waals surface area contributed by atoms with Crippen LogP contribution < -0.4 is 0 Å². The Labute approximate surface area is 178 Å². The average Bonchev–Trinajstić information content (AvgIpc) is 3.25. The van der Waals surface area contributed by atoms with Gasteiger partial charge < -0.3 is 19.3 Å². The molecule has 0 aliphatic carbocycles. The van der Waals surface area contributed by atoms with Gasteiger partial charge in [0, 0.05) is 25.2 Å². The van der Waals surface area contributed by atoms with Gasteiger partial charge in [0.2, 0.25) is 11.8 Å². The van der Waals surface area contributed by atoms with Gasteiger partial charge in [-0.25, -0.2) is 9.59 Å². The molecule has 2 fully saturated rings. The van der Waals surface area contributed by atoms with Gasteiger partial charge in [0.05, 0.1) is 0 Å². The van der Waals surface area contributed by atoms with Crippen LogP contribution in [0.1, 0.15) is 67.2 Å². The minimum atomic E-state index is -0.641. The first-order chi connectivity index (χ1) is 13.8. The van der Waals surface area contributed by atoms with Crippen molar-refractivity contribution in [1.82, 2.24) is 9.80 Å². The fourth-order valence-corrected chi connectivity index (χ4v) is 3.62. The number of amides is 2. The summed E-state index contributed by atoms with van der Waals surface area (Å²) in [6.45, 7) is 11.5. The molecule has 2 atom stereocenters. The Kier molecular flexibility index (Phi) is 7.31. The molecule has 0 saturated carbocycles. The van der Waals surface area contributed by atoms with E-state index in [9.17, 15) is 19.2 Å². The molecule has 2 amide bonds. The molecule has 2 rings (SSSR count). The Morgan fingerprint density at radius 3 is 1.33 bits per heavy atom. The molecule has 168 valence electrons. The van der Waals surface area contributed by atoms with Crippen molar-refractivity contribution in [3.8, 4) is 0 Å². The van der Waals surface area contributed by atoms with Crippen LogP contribution in [-0.4, -0.2) is 69.9 Å². The number of nitrogens with zero attached hydrogens (tertiary/aromatic N) is 2. The summed E-state index contributed by atoms with van der Waals surface area (Å²) in [5.41, 5.74) is -1.26. The zero-order chi connectivity index (χ0) is 22.7. The predicted molar refractivity (Wildman–Crippen MR) is 110 cm³/mol. The lowest BCUT2D eigenvalue weighted by atomic mass is 10.1. The standard InChI is InChI=1S/C22H34N2O6/c1-21(2,3)29-19(27)15-9-7-13-23(15)17(25)11-12-18(26)24-14-8-10-16(24)20(28)30-22(4,5)6/h11-12,15-16H,7-10,13-14H2,1-6H3/b12-11+/t15-,16-/m0/s1. The highest BCUT2D eigenvalue weighted by Crippen LogP contribution is 2.23. The molecule has 0 bridgehead atoms. The van der Waals surface area contributed by atoms with Gasteiger partial charge in [-0.15, -0.1) is 0 Å². The van der Waals surface area contributed by atoms with E-state index in [-0.39, 0.29) is 0 Å². The van der Waals surface area contributed by atoms with Gasteiger partial charge in [-0.2, -0.15) is 0 Å². The Morgan fingerprint density at radius 1 is 0.700 bits per heavy atom. The van der Waals surface area contributed by atoms with Crippen molar-refractivity contribution in [1.29, 1.82) is 0 Å². The van der Waals surface area contributed by atoms with Crippen molar-refractivity contribution in [2.75, 3.05) is 13.1 Å². The minimum absolute atomic E-state index is 0.412. The van der Waals surface area contributed by atoms with Crippen LogP contribution in [0.25, 0.3) is 0 Å². The van der Waals surface area contributed by atoms with E-state index in [2.05, 4.69) is 0 Å². The van der Waals surface area contributed by atoms with E-state index in [0.717, 1.165) is 0 Å². The van der Waals surface area contributed by atoms with Crippen molar-refractivity contribution in [3.63, 3.8) is 0 Å². The largest absolute Gasteiger partial charge is 0.458 e. The fourth-order valence-electron chi connectivity index (χ4n) is 3.62. The van der Waals surface area contributed by atoms with E-state index >= 15 is 0 Å². The first-order valence-electron chi connectivity index (χ1n) is 10.5. The van der Waals surface area contributed by atoms with Crippen LogP contribution in [0.2, 0.25) is 0 Å². The van der Waals surface area contributed by atoms with Crippen LogP contribution in [0.5, 0.6) is 0 Å². The lowest BCUT2D eigenvalue weighted by Gasteiger charge is -2.27. The first-order valence-corrected chi connectivity index (χ1v) is 10.5. The quantitative estimate of drug-likeness (QED) is 0.509. The number of carbonyl (C=O) groups excluding carboxylic acids is 4. The molecule has 0 spiro atoms. The third kappa shape index (κ3) is 6.57. The van der Waals surface area contributed by atoms with E-state index < -0.39 is 47.0 Å². The fraction of sp³-hybridized carbons (Fsp3) is 0.727. The molecule has 0 aromatic rings. The molecule has 0 radical (unpaired) electrons. The minimum Gasteiger partial charge on any atom is -0.458 e. The lowest BCUT2D eigenvalue weighted by Crippen LogP contribution is -2.44. The van der Waals surface area contributed by atoms with Crippen LogP contribution in [0.3, 0.4) is 0 Å². The number of esters is 2. The summed E-state index contributed by atoms with van der Waals surface area (Å²) >= 11 is 0. The zero-order valence-corrected chi connectivity index (χ0v) is 18.9. The molecular weight excluding hydrogens is 388 g/mol. The van der Waals surface area contributed by atoms with Gasteiger partial charge in [0.1, 0.15) is 23.3 Å². The second-order valence-electron chi connectivity index (χ2n) is 9.78. The number of likely N-dealkylation sites (tertiary alicyclic amines) is 2. The molecular formula is C22H34N2O6. The summed E-state index contributed by atoms with van der Waals surface area (Å²) < 4.78 is 10.8. The van der Waals surface area contributed by atoms with Gasteiger partial charge in [-0.3, -0.25) is 9.59 Å². The molecule has 2 aliphatic rings. The number of ether oxygens (including phenoxy) is 2. The Bertz CT molecular complexity index is 656. The molecule has 2 heterocycles. The highest BCUT2D eigenvalue weighted by Gasteiger charge is 2.38. The molecule has 8 nitrogen and oxygen atoms in total. The monoisotopic (exact) mass is 422 g/mol. The molecule has 0 N–H and O–H groups in total. The summed E-state index contributed by atoms with van der Waals surface area (Å²) in [6.07, 6.45) is 4.82. The van der Waals surface area contributed by atoms with Crippen molar-refractivity contribution in [3.05, 3.63) is 12.2 Å². The van der Waals surface area contributed by atoms with E-state index in [0.29, 0.717) is 38.8 Å². The van der Waals surface area contributed by atoms with Crippen LogP contribution in [0, 0.1) is 0 Å². The Morgan fingerprint density at radius 2 is 1.03 bits per heavy atom. The van der Waals surface area contributed by atoms with E-state index in [1.54, 1.807) is 41.5 Å². The number of hydrogen-bond donors (Lipinski definition) is 0. The smallest absolute Gasteiger partial charge is 0.329 e. The molecule has 2 saturated heterocycles. The van der Waals surface area contributed by atoms with Crippen LogP contribution in [-0.2, 0) is 28.7 Å². The maximum absolute atomic E-state index is 12.6. The predicted octanol–water partition coefficient (Wildman–Crippen LogP) is 2.21. The number of hydrogen-bond acceptors (Lipinski definition) is 6. The Balaban J connectivity index is 2.00. The van der Waals surface area contributed by atoms with Crippen molar-refractivity contribution < 1.29 is 28.7 Å². The van der Waals surface area contributed by atoms with Crippen LogP contribution >= 0.6 is 0 Å². The summed E-state index contributed by atoms with van der Waals surface area (Å²) in [7, 11) is 0. The van der Waals surface area contributed by atoms with Crippen LogP contribution in [0.15, 0.2) is 12.2 Å². The highest BCUT2D eigenvalue weighted by molar-refractivity contribution is 5.99. The first kappa shape index (κ1) is 23.9. The number of carbonyl (C=O) groups is 4. The van der Waals surface area contributed by atoms with E-state index in [1.165, 1.54) is 22.0 Å². The second kappa shape index (κ2) is 9.18. The van der Waals surface area contributed by atoms with Crippen molar-refractivity contribution in [2.45, 2.75) is 90.5 Å². The average molecular weight is 423 g/mol. The summed E-state index contributed by atoms with van der Waals surface area (Å²) in [5.74, 6) is -1.69. The van der Waals surface area contributed by atoms with Gasteiger partial charge in [-0.1, -0.05) is 0 Å². The van der Waals surface area contributed by atoms with Crippen molar-refractivity contribution in [2.24, 2.45) is 0 Å². The highest BCUT2D eigenvalue weighted by atomic mass is 16.6. The van der Waals surface area contributed by atoms with Crippen LogP contribution in [0.4, 0.5) is 0 Å². The normalized spacial score (nSPS) is 22.5. The molecule has 0 aromatic heterocycles. The van der Waals surface area contributed by atoms with Gasteiger partial charge in [0.15, 0.2) is 0 Å². The summed E-state index contributed by atoms with van der Waals surface area (Å²) in [6, 6.07) is -1.28. The van der Waals surface area contributed by atoms with E-state index in [4.69, 9.17) is 9.47 Å². The van der Waals surface area contributed by atoms with Gasteiger partial charge >= 0.3 is 11.9 Å². The zero-order valence-electron chi connectivity index (χ0n) is 18.9. The summed E-state index contributed by atoms with van der Waals surface area (Å²) in [5, 5.41) is 0. The SMILES string of the molecule is CC(C)(C)OC(=O)[C@@H]1CCCN1C(=O)/C=C/C(=O)N1CCC[C@H]1C(=O)OC(C)(C)C. The van der Waals surface area contributed by atoms with Gasteiger partial charge in [-0.05, 0) is 67.2 Å². The Hall–Kier alpha value is -2.38. The maximum Gasteiger partial charge on any atom is 0.329 e. The molecule has 0 aromatic carbocycles. The lowest BCUT2D eigenvalue weighted by molar-refractivity contribution is -0.163. The molecule has 30 heavy (non-hydrogen) atoms. The third-order valence-electron chi connectivity index (χ3n) is 4.80. The second-order valence-corrected chi connectivity index (χ2v) is 9.78. The van der Waals surface area contributed by atoms with Gasteiger partial charge in [0.25, 0.3) is 0 Å².